The van der Waals surface area contributed by atoms with Gasteiger partial charge in [0.05, 0.1) is 7.11 Å². The molecule has 2 amide bonds. The Morgan fingerprint density at radius 3 is 2.30 bits per heavy atom. The Kier molecular flexibility index (Phi) is 11.5. The van der Waals surface area contributed by atoms with Crippen LogP contribution >= 0.6 is 12.4 Å². The first kappa shape index (κ1) is 25.0. The van der Waals surface area contributed by atoms with Crippen LogP contribution in [-0.4, -0.2) is 44.2 Å². The number of carbonyl (C=O) groups is 2. The summed E-state index contributed by atoms with van der Waals surface area (Å²) in [7, 11) is 1.49. The van der Waals surface area contributed by atoms with Crippen LogP contribution < -0.4 is 25.8 Å². The molecule has 1 unspecified atom stereocenters. The Balaban J connectivity index is 0.00000676. The maximum atomic E-state index is 12.4. The molecule has 1 aromatic rings. The van der Waals surface area contributed by atoms with Crippen LogP contribution in [-0.2, 0) is 4.79 Å². The Bertz CT molecular complexity index is 609. The molecule has 0 saturated heterocycles. The molecule has 0 radical (unpaired) electrons. The number of nitrogens with two attached hydrogens (primary N) is 1. The molecule has 7 nitrogen and oxygen atoms in total. The number of halogens is 1. The van der Waals surface area contributed by atoms with Gasteiger partial charge in [-0.25, -0.2) is 0 Å². The fourth-order valence-corrected chi connectivity index (χ4v) is 2.49. The van der Waals surface area contributed by atoms with Gasteiger partial charge < -0.3 is 25.8 Å². The number of rotatable bonds is 10. The van der Waals surface area contributed by atoms with Crippen LogP contribution in [0.4, 0.5) is 0 Å². The Morgan fingerprint density at radius 1 is 1.11 bits per heavy atom. The van der Waals surface area contributed by atoms with Crippen molar-refractivity contribution in [1.29, 1.82) is 0 Å². The van der Waals surface area contributed by atoms with Gasteiger partial charge in [0, 0.05) is 24.2 Å². The molecule has 0 spiro atoms. The van der Waals surface area contributed by atoms with E-state index in [1.807, 2.05) is 13.8 Å². The van der Waals surface area contributed by atoms with E-state index in [9.17, 15) is 9.59 Å². The van der Waals surface area contributed by atoms with Crippen molar-refractivity contribution in [2.45, 2.75) is 46.2 Å². The summed E-state index contributed by atoms with van der Waals surface area (Å²) in [5.74, 6) is 0.793. The van der Waals surface area contributed by atoms with Crippen LogP contribution in [0.2, 0.25) is 0 Å². The molecule has 4 N–H and O–H groups in total. The second-order valence-electron chi connectivity index (χ2n) is 6.91. The van der Waals surface area contributed by atoms with Crippen LogP contribution in [0.25, 0.3) is 0 Å². The summed E-state index contributed by atoms with van der Waals surface area (Å²) >= 11 is 0. The monoisotopic (exact) mass is 401 g/mol. The van der Waals surface area contributed by atoms with E-state index in [0.29, 0.717) is 29.5 Å². The summed E-state index contributed by atoms with van der Waals surface area (Å²) in [6.07, 6.45) is 0.811. The van der Waals surface area contributed by atoms with E-state index >= 15 is 0 Å². The third-order valence-electron chi connectivity index (χ3n) is 3.61. The second-order valence-corrected chi connectivity index (χ2v) is 6.91. The van der Waals surface area contributed by atoms with Crippen LogP contribution in [0.5, 0.6) is 11.5 Å². The van der Waals surface area contributed by atoms with Crippen molar-refractivity contribution >= 4 is 24.2 Å². The van der Waals surface area contributed by atoms with Gasteiger partial charge in [0.1, 0.15) is 0 Å². The topological polar surface area (TPSA) is 103 Å². The SMILES string of the molecule is COc1cc(C(=O)NC(CN)CC(C)C)ccc1OCC(=O)NC(C)C.Cl. The van der Waals surface area contributed by atoms with Crippen molar-refractivity contribution < 1.29 is 19.1 Å². The molecule has 0 aliphatic carbocycles. The zero-order valence-corrected chi connectivity index (χ0v) is 17.5. The molecular weight excluding hydrogens is 370 g/mol. The van der Waals surface area contributed by atoms with Gasteiger partial charge in [-0.3, -0.25) is 9.59 Å². The quantitative estimate of drug-likeness (QED) is 0.557. The van der Waals surface area contributed by atoms with Gasteiger partial charge in [0.15, 0.2) is 18.1 Å². The lowest BCUT2D eigenvalue weighted by atomic mass is 10.0. The Labute approximate surface area is 167 Å². The third-order valence-corrected chi connectivity index (χ3v) is 3.61. The average Bonchev–Trinajstić information content (AvgIpc) is 2.57. The third kappa shape index (κ3) is 8.97. The predicted octanol–water partition coefficient (Wildman–Crippen LogP) is 2.12. The number of amides is 2. The van der Waals surface area contributed by atoms with E-state index < -0.39 is 0 Å². The molecule has 0 aliphatic heterocycles. The van der Waals surface area contributed by atoms with E-state index in [0.717, 1.165) is 6.42 Å². The molecule has 0 heterocycles. The number of ether oxygens (including phenoxy) is 2. The van der Waals surface area contributed by atoms with E-state index in [1.54, 1.807) is 18.2 Å². The maximum Gasteiger partial charge on any atom is 0.258 e. The first-order valence-corrected chi connectivity index (χ1v) is 8.87. The minimum absolute atomic E-state index is 0. The van der Waals surface area contributed by atoms with Crippen molar-refractivity contribution in [2.75, 3.05) is 20.3 Å². The van der Waals surface area contributed by atoms with Crippen molar-refractivity contribution in [3.8, 4) is 11.5 Å². The number of carbonyl (C=O) groups excluding carboxylic acids is 2. The van der Waals surface area contributed by atoms with E-state index in [-0.39, 0.29) is 42.9 Å². The maximum absolute atomic E-state index is 12.4. The second kappa shape index (κ2) is 12.4. The van der Waals surface area contributed by atoms with Crippen LogP contribution in [0, 0.1) is 5.92 Å². The van der Waals surface area contributed by atoms with Gasteiger partial charge in [0.25, 0.3) is 11.8 Å². The van der Waals surface area contributed by atoms with Gasteiger partial charge in [-0.1, -0.05) is 13.8 Å². The first-order valence-electron chi connectivity index (χ1n) is 8.87. The minimum Gasteiger partial charge on any atom is -0.493 e. The minimum atomic E-state index is -0.219. The van der Waals surface area contributed by atoms with Crippen molar-refractivity contribution in [2.24, 2.45) is 11.7 Å². The molecule has 0 saturated carbocycles. The molecule has 1 atom stereocenters. The highest BCUT2D eigenvalue weighted by Crippen LogP contribution is 2.28. The summed E-state index contributed by atoms with van der Waals surface area (Å²) < 4.78 is 10.8. The molecule has 0 aliphatic rings. The summed E-state index contributed by atoms with van der Waals surface area (Å²) in [5, 5.41) is 5.68. The first-order chi connectivity index (χ1) is 12.3. The molecule has 27 heavy (non-hydrogen) atoms. The number of methoxy groups -OCH3 is 1. The standard InChI is InChI=1S/C19H31N3O4.ClH/c1-12(2)8-15(10-20)22-19(24)14-6-7-16(17(9-14)25-5)26-11-18(23)21-13(3)4;/h6-7,9,12-13,15H,8,10-11,20H2,1-5H3,(H,21,23)(H,22,24);1H. The van der Waals surface area contributed by atoms with Gasteiger partial charge in [0.2, 0.25) is 0 Å². The van der Waals surface area contributed by atoms with Gasteiger partial charge in [-0.15, -0.1) is 12.4 Å². The smallest absolute Gasteiger partial charge is 0.258 e. The fourth-order valence-electron chi connectivity index (χ4n) is 2.49. The molecule has 0 bridgehead atoms. The molecule has 0 fully saturated rings. The van der Waals surface area contributed by atoms with Gasteiger partial charge in [-0.05, 0) is 44.4 Å². The lowest BCUT2D eigenvalue weighted by Crippen LogP contribution is -2.41. The van der Waals surface area contributed by atoms with Crippen LogP contribution in [0.15, 0.2) is 18.2 Å². The lowest BCUT2D eigenvalue weighted by Gasteiger charge is -2.19. The summed E-state index contributed by atoms with van der Waals surface area (Å²) in [6.45, 7) is 8.18. The normalized spacial score (nSPS) is 11.6. The summed E-state index contributed by atoms with van der Waals surface area (Å²) in [5.41, 5.74) is 6.18. The number of nitrogens with one attached hydrogen (secondary N) is 2. The van der Waals surface area contributed by atoms with Crippen molar-refractivity contribution in [1.82, 2.24) is 10.6 Å². The zero-order chi connectivity index (χ0) is 19.7. The lowest BCUT2D eigenvalue weighted by molar-refractivity contribution is -0.123. The Hall–Kier alpha value is -1.99. The van der Waals surface area contributed by atoms with Crippen molar-refractivity contribution in [3.05, 3.63) is 23.8 Å². The predicted molar refractivity (Wildman–Crippen MR) is 109 cm³/mol. The molecular formula is C19H32ClN3O4. The van der Waals surface area contributed by atoms with Crippen LogP contribution in [0.3, 0.4) is 0 Å². The van der Waals surface area contributed by atoms with E-state index in [2.05, 4.69) is 24.5 Å². The van der Waals surface area contributed by atoms with E-state index in [4.69, 9.17) is 15.2 Å². The highest BCUT2D eigenvalue weighted by atomic mass is 35.5. The summed E-state index contributed by atoms with van der Waals surface area (Å²) in [6, 6.07) is 4.81. The zero-order valence-electron chi connectivity index (χ0n) is 16.7. The van der Waals surface area contributed by atoms with Crippen LogP contribution in [0.1, 0.15) is 44.5 Å². The number of hydrogen-bond donors (Lipinski definition) is 3. The molecule has 154 valence electrons. The number of benzene rings is 1. The fraction of sp³-hybridized carbons (Fsp3) is 0.579. The Morgan fingerprint density at radius 2 is 1.78 bits per heavy atom. The molecule has 1 rings (SSSR count). The van der Waals surface area contributed by atoms with Gasteiger partial charge in [-0.2, -0.15) is 0 Å². The average molecular weight is 402 g/mol. The molecule has 8 heteroatoms. The van der Waals surface area contributed by atoms with E-state index in [1.165, 1.54) is 7.11 Å². The highest BCUT2D eigenvalue weighted by molar-refractivity contribution is 5.95. The molecule has 0 aromatic heterocycles. The molecule has 1 aromatic carbocycles. The van der Waals surface area contributed by atoms with Gasteiger partial charge >= 0.3 is 0 Å². The largest absolute Gasteiger partial charge is 0.493 e. The summed E-state index contributed by atoms with van der Waals surface area (Å²) in [4.78, 5) is 24.1. The number of hydrogen-bond acceptors (Lipinski definition) is 5. The highest BCUT2D eigenvalue weighted by Gasteiger charge is 2.16. The van der Waals surface area contributed by atoms with Crippen molar-refractivity contribution in [3.63, 3.8) is 0 Å².